The number of carbonyl (C=O) groups is 1. The molecule has 1 saturated heterocycles. The van der Waals surface area contributed by atoms with Gasteiger partial charge in [0.2, 0.25) is 0 Å². The summed E-state index contributed by atoms with van der Waals surface area (Å²) in [4.78, 5) is 14.4. The molecule has 2 aromatic rings. The van der Waals surface area contributed by atoms with Gasteiger partial charge in [0.15, 0.2) is 17.5 Å². The number of nitrogens with zero attached hydrogens (tertiary/aromatic N) is 1. The van der Waals surface area contributed by atoms with Crippen LogP contribution in [0.25, 0.3) is 11.1 Å². The van der Waals surface area contributed by atoms with E-state index in [1.165, 1.54) is 0 Å². The molecule has 2 unspecified atom stereocenters. The van der Waals surface area contributed by atoms with E-state index in [1.54, 1.807) is 29.2 Å². The summed E-state index contributed by atoms with van der Waals surface area (Å²) in [6.45, 7) is 3.17. The van der Waals surface area contributed by atoms with E-state index in [9.17, 15) is 18.0 Å². The lowest BCUT2D eigenvalue weighted by molar-refractivity contribution is 0.0743. The molecule has 1 aliphatic rings. The zero-order valence-electron chi connectivity index (χ0n) is 14.2. The number of likely N-dealkylation sites (tertiary alicyclic amines) is 1. The quantitative estimate of drug-likeness (QED) is 0.813. The maximum atomic E-state index is 13.4. The van der Waals surface area contributed by atoms with Crippen LogP contribution in [0.15, 0.2) is 36.4 Å². The minimum Gasteiger partial charge on any atom is -0.336 e. The third-order valence-corrected chi connectivity index (χ3v) is 4.70. The molecule has 0 aromatic heterocycles. The molecule has 1 heterocycles. The van der Waals surface area contributed by atoms with Crippen molar-refractivity contribution in [2.24, 2.45) is 11.7 Å². The van der Waals surface area contributed by atoms with Gasteiger partial charge >= 0.3 is 0 Å². The van der Waals surface area contributed by atoms with Crippen molar-refractivity contribution in [3.05, 3.63) is 59.4 Å². The van der Waals surface area contributed by atoms with Crippen LogP contribution in [0, 0.1) is 23.4 Å². The molecule has 3 rings (SSSR count). The Morgan fingerprint density at radius 2 is 1.69 bits per heavy atom. The molecule has 3 nitrogen and oxygen atoms in total. The smallest absolute Gasteiger partial charge is 0.254 e. The topological polar surface area (TPSA) is 46.3 Å². The Kier molecular flexibility index (Phi) is 6.31. The Hall–Kier alpha value is -2.05. The molecule has 1 aliphatic heterocycles. The minimum atomic E-state index is -1.49. The van der Waals surface area contributed by atoms with Crippen LogP contribution in [0.1, 0.15) is 23.7 Å². The van der Waals surface area contributed by atoms with E-state index in [0.29, 0.717) is 30.1 Å². The Morgan fingerprint density at radius 3 is 2.19 bits per heavy atom. The van der Waals surface area contributed by atoms with Crippen molar-refractivity contribution >= 4 is 18.3 Å². The molecular weight excluding hydrogens is 365 g/mol. The zero-order chi connectivity index (χ0) is 18.1. The van der Waals surface area contributed by atoms with E-state index in [2.05, 4.69) is 0 Å². The second-order valence-electron chi connectivity index (χ2n) is 6.48. The number of hydrogen-bond donors (Lipinski definition) is 1. The zero-order valence-corrected chi connectivity index (χ0v) is 15.0. The van der Waals surface area contributed by atoms with Crippen LogP contribution < -0.4 is 5.73 Å². The molecule has 0 bridgehead atoms. The summed E-state index contributed by atoms with van der Waals surface area (Å²) in [5, 5.41) is 0. The number of halogens is 4. The van der Waals surface area contributed by atoms with Crippen LogP contribution in [0.3, 0.4) is 0 Å². The predicted octanol–water partition coefficient (Wildman–Crippen LogP) is 4.00. The van der Waals surface area contributed by atoms with Gasteiger partial charge in [0, 0.05) is 18.2 Å². The molecule has 0 aliphatic carbocycles. The van der Waals surface area contributed by atoms with Crippen LogP contribution in [0.5, 0.6) is 0 Å². The number of hydrogen-bond acceptors (Lipinski definition) is 2. The highest BCUT2D eigenvalue weighted by atomic mass is 35.5. The van der Waals surface area contributed by atoms with Crippen molar-refractivity contribution in [1.82, 2.24) is 4.90 Å². The molecule has 0 radical (unpaired) electrons. The SMILES string of the molecule is CC1CC(CN)CN1C(=O)c1ccc(-c2cc(F)c(F)c(F)c2)cc1.Cl. The lowest BCUT2D eigenvalue weighted by atomic mass is 10.0. The first-order valence-corrected chi connectivity index (χ1v) is 8.16. The van der Waals surface area contributed by atoms with Crippen molar-refractivity contribution in [2.75, 3.05) is 13.1 Å². The Bertz CT molecular complexity index is 775. The second kappa shape index (κ2) is 8.10. The summed E-state index contributed by atoms with van der Waals surface area (Å²) < 4.78 is 39.8. The lowest BCUT2D eigenvalue weighted by Crippen LogP contribution is -2.34. The normalized spacial score (nSPS) is 19.3. The van der Waals surface area contributed by atoms with Gasteiger partial charge in [0.05, 0.1) is 0 Å². The van der Waals surface area contributed by atoms with Gasteiger partial charge in [-0.25, -0.2) is 13.2 Å². The van der Waals surface area contributed by atoms with E-state index in [-0.39, 0.29) is 29.9 Å². The summed E-state index contributed by atoms with van der Waals surface area (Å²) in [6.07, 6.45) is 0.883. The maximum Gasteiger partial charge on any atom is 0.254 e. The first-order valence-electron chi connectivity index (χ1n) is 8.16. The van der Waals surface area contributed by atoms with E-state index in [1.807, 2.05) is 6.92 Å². The van der Waals surface area contributed by atoms with E-state index in [0.717, 1.165) is 18.6 Å². The van der Waals surface area contributed by atoms with Gasteiger partial charge in [-0.05, 0) is 61.2 Å². The molecule has 0 saturated carbocycles. The van der Waals surface area contributed by atoms with Crippen LogP contribution in [-0.2, 0) is 0 Å². The monoisotopic (exact) mass is 384 g/mol. The van der Waals surface area contributed by atoms with Crippen molar-refractivity contribution in [1.29, 1.82) is 0 Å². The van der Waals surface area contributed by atoms with Crippen molar-refractivity contribution in [2.45, 2.75) is 19.4 Å². The van der Waals surface area contributed by atoms with Crippen LogP contribution in [0.2, 0.25) is 0 Å². The number of nitrogens with two attached hydrogens (primary N) is 1. The van der Waals surface area contributed by atoms with E-state index in [4.69, 9.17) is 5.73 Å². The van der Waals surface area contributed by atoms with Crippen LogP contribution in [-0.4, -0.2) is 29.9 Å². The minimum absolute atomic E-state index is 0. The highest BCUT2D eigenvalue weighted by Crippen LogP contribution is 2.27. The summed E-state index contributed by atoms with van der Waals surface area (Å²) in [5.41, 5.74) is 6.91. The summed E-state index contributed by atoms with van der Waals surface area (Å²) in [5.74, 6) is -3.76. The van der Waals surface area contributed by atoms with Gasteiger partial charge < -0.3 is 10.6 Å². The van der Waals surface area contributed by atoms with E-state index >= 15 is 0 Å². The predicted molar refractivity (Wildman–Crippen MR) is 96.7 cm³/mol. The molecular formula is C19H20ClF3N2O. The standard InChI is InChI=1S/C19H19F3N2O.ClH/c1-11-6-12(9-23)10-24(11)19(25)14-4-2-13(3-5-14)15-7-16(20)18(22)17(21)8-15;/h2-5,7-8,11-12H,6,9-10,23H2,1H3;1H. The summed E-state index contributed by atoms with van der Waals surface area (Å²) >= 11 is 0. The molecule has 1 amide bonds. The van der Waals surface area contributed by atoms with Crippen molar-refractivity contribution in [3.8, 4) is 11.1 Å². The summed E-state index contributed by atoms with van der Waals surface area (Å²) in [7, 11) is 0. The maximum absolute atomic E-state index is 13.4. The number of amides is 1. The van der Waals surface area contributed by atoms with Crippen LogP contribution in [0.4, 0.5) is 13.2 Å². The third kappa shape index (κ3) is 3.86. The molecule has 1 fully saturated rings. The average molecular weight is 385 g/mol. The van der Waals surface area contributed by atoms with Gasteiger partial charge in [-0.2, -0.15) is 0 Å². The molecule has 7 heteroatoms. The second-order valence-corrected chi connectivity index (χ2v) is 6.48. The molecule has 26 heavy (non-hydrogen) atoms. The molecule has 2 atom stereocenters. The lowest BCUT2D eigenvalue weighted by Gasteiger charge is -2.21. The van der Waals surface area contributed by atoms with E-state index < -0.39 is 17.5 Å². The highest BCUT2D eigenvalue weighted by molar-refractivity contribution is 5.95. The Morgan fingerprint density at radius 1 is 1.12 bits per heavy atom. The molecule has 2 aromatic carbocycles. The number of benzene rings is 2. The highest BCUT2D eigenvalue weighted by Gasteiger charge is 2.32. The van der Waals surface area contributed by atoms with Gasteiger partial charge in [-0.15, -0.1) is 12.4 Å². The average Bonchev–Trinajstić information content (AvgIpc) is 2.99. The number of carbonyl (C=O) groups excluding carboxylic acids is 1. The number of rotatable bonds is 3. The largest absolute Gasteiger partial charge is 0.336 e. The van der Waals surface area contributed by atoms with Gasteiger partial charge in [0.25, 0.3) is 5.91 Å². The molecule has 2 N–H and O–H groups in total. The van der Waals surface area contributed by atoms with Gasteiger partial charge in [-0.1, -0.05) is 12.1 Å². The van der Waals surface area contributed by atoms with Gasteiger partial charge in [-0.3, -0.25) is 4.79 Å². The fraction of sp³-hybridized carbons (Fsp3) is 0.316. The fourth-order valence-electron chi connectivity index (χ4n) is 3.29. The third-order valence-electron chi connectivity index (χ3n) is 4.70. The first-order chi connectivity index (χ1) is 11.9. The fourth-order valence-corrected chi connectivity index (χ4v) is 3.29. The first kappa shape index (κ1) is 20.3. The molecule has 140 valence electrons. The Balaban J connectivity index is 0.00000243. The van der Waals surface area contributed by atoms with Gasteiger partial charge in [0.1, 0.15) is 0 Å². The van der Waals surface area contributed by atoms with Crippen molar-refractivity contribution < 1.29 is 18.0 Å². The summed E-state index contributed by atoms with van der Waals surface area (Å²) in [6, 6.07) is 8.41. The molecule has 0 spiro atoms. The Labute approximate surface area is 156 Å². The van der Waals surface area contributed by atoms with Crippen LogP contribution >= 0.6 is 12.4 Å². The van der Waals surface area contributed by atoms with Crippen molar-refractivity contribution in [3.63, 3.8) is 0 Å².